The molecule has 7 heteroatoms. The number of para-hydroxylation sites is 2. The van der Waals surface area contributed by atoms with Gasteiger partial charge in [0.15, 0.2) is 0 Å². The number of nitrogens with one attached hydrogen (secondary N) is 2. The van der Waals surface area contributed by atoms with E-state index in [9.17, 15) is 9.59 Å². The minimum absolute atomic E-state index is 0.0267. The molecule has 2 aromatic rings. The van der Waals surface area contributed by atoms with E-state index >= 15 is 0 Å². The first-order chi connectivity index (χ1) is 12.1. The summed E-state index contributed by atoms with van der Waals surface area (Å²) >= 11 is 5.78. The van der Waals surface area contributed by atoms with Gasteiger partial charge in [0.25, 0.3) is 0 Å². The molecule has 0 atom stereocenters. The fraction of sp³-hybridized carbons (Fsp3) is 0.167. The molecule has 0 radical (unpaired) electrons. The van der Waals surface area contributed by atoms with Crippen LogP contribution in [0.25, 0.3) is 0 Å². The van der Waals surface area contributed by atoms with E-state index in [1.807, 2.05) is 0 Å². The van der Waals surface area contributed by atoms with Crippen LogP contribution in [0.5, 0.6) is 5.75 Å². The molecule has 2 aromatic carbocycles. The minimum atomic E-state index is -0.347. The molecule has 0 aromatic heterocycles. The first-order valence-electron chi connectivity index (χ1n) is 7.59. The predicted octanol–water partition coefficient (Wildman–Crippen LogP) is 3.22. The summed E-state index contributed by atoms with van der Waals surface area (Å²) in [5.41, 5.74) is 3.75. The van der Waals surface area contributed by atoms with Gasteiger partial charge < -0.3 is 10.1 Å². The molecule has 2 rings (SSSR count). The van der Waals surface area contributed by atoms with Crippen LogP contribution in [0.15, 0.2) is 53.6 Å². The van der Waals surface area contributed by atoms with Crippen molar-refractivity contribution in [2.45, 2.75) is 12.8 Å². The van der Waals surface area contributed by atoms with Crippen molar-refractivity contribution in [2.75, 3.05) is 12.4 Å². The Morgan fingerprint density at radius 1 is 1.08 bits per heavy atom. The number of nitrogens with zero attached hydrogens (tertiary/aromatic N) is 1. The smallest absolute Gasteiger partial charge is 0.240 e. The molecule has 6 nitrogen and oxygen atoms in total. The summed E-state index contributed by atoms with van der Waals surface area (Å²) in [6.45, 7) is 0. The van der Waals surface area contributed by atoms with Gasteiger partial charge in [0.2, 0.25) is 11.8 Å². The Balaban J connectivity index is 1.75. The third-order valence-electron chi connectivity index (χ3n) is 3.23. The Kier molecular flexibility index (Phi) is 6.98. The maximum atomic E-state index is 11.9. The van der Waals surface area contributed by atoms with Crippen LogP contribution in [0.2, 0.25) is 5.02 Å². The fourth-order valence-corrected chi connectivity index (χ4v) is 2.10. The summed E-state index contributed by atoms with van der Waals surface area (Å²) in [5, 5.41) is 7.18. The number of amides is 2. The largest absolute Gasteiger partial charge is 0.495 e. The lowest BCUT2D eigenvalue weighted by Crippen LogP contribution is -2.20. The number of hydrogen-bond donors (Lipinski definition) is 2. The summed E-state index contributed by atoms with van der Waals surface area (Å²) in [5.74, 6) is -0.0606. The molecule has 0 bridgehead atoms. The average Bonchev–Trinajstić information content (AvgIpc) is 2.62. The molecule has 0 saturated heterocycles. The SMILES string of the molecule is COc1ccccc1NC(=O)CCC(=O)N/N=C\c1ccc(Cl)cc1. The molecule has 0 aliphatic rings. The fourth-order valence-electron chi connectivity index (χ4n) is 1.97. The second kappa shape index (κ2) is 9.44. The van der Waals surface area contributed by atoms with Gasteiger partial charge in [-0.2, -0.15) is 5.10 Å². The molecule has 0 aliphatic carbocycles. The van der Waals surface area contributed by atoms with Crippen molar-refractivity contribution in [1.29, 1.82) is 0 Å². The number of rotatable bonds is 7. The second-order valence-electron chi connectivity index (χ2n) is 5.09. The van der Waals surface area contributed by atoms with Crippen molar-refractivity contribution in [2.24, 2.45) is 5.10 Å². The van der Waals surface area contributed by atoms with E-state index in [0.717, 1.165) is 5.56 Å². The van der Waals surface area contributed by atoms with Gasteiger partial charge in [-0.05, 0) is 29.8 Å². The molecule has 0 saturated carbocycles. The van der Waals surface area contributed by atoms with E-state index in [4.69, 9.17) is 16.3 Å². The number of hydrazone groups is 1. The lowest BCUT2D eigenvalue weighted by molar-refractivity contribution is -0.124. The third kappa shape index (κ3) is 6.27. The van der Waals surface area contributed by atoms with Crippen molar-refractivity contribution in [3.63, 3.8) is 0 Å². The number of methoxy groups -OCH3 is 1. The Morgan fingerprint density at radius 3 is 2.48 bits per heavy atom. The molecule has 130 valence electrons. The minimum Gasteiger partial charge on any atom is -0.495 e. The molecule has 0 aliphatic heterocycles. The first kappa shape index (κ1) is 18.5. The number of carbonyl (C=O) groups is 2. The van der Waals surface area contributed by atoms with Gasteiger partial charge in [-0.15, -0.1) is 0 Å². The second-order valence-corrected chi connectivity index (χ2v) is 5.53. The van der Waals surface area contributed by atoms with Crippen LogP contribution in [0.1, 0.15) is 18.4 Å². The van der Waals surface area contributed by atoms with E-state index in [0.29, 0.717) is 16.5 Å². The summed E-state index contributed by atoms with van der Waals surface area (Å²) in [7, 11) is 1.52. The Morgan fingerprint density at radius 2 is 1.76 bits per heavy atom. The van der Waals surface area contributed by atoms with Crippen LogP contribution >= 0.6 is 11.6 Å². The van der Waals surface area contributed by atoms with E-state index in [-0.39, 0.29) is 24.7 Å². The lowest BCUT2D eigenvalue weighted by atomic mass is 10.2. The number of benzene rings is 2. The molecule has 25 heavy (non-hydrogen) atoms. The number of anilines is 1. The zero-order chi connectivity index (χ0) is 18.1. The molecule has 0 unspecified atom stereocenters. The molecule has 2 amide bonds. The molecular weight excluding hydrogens is 342 g/mol. The number of hydrogen-bond acceptors (Lipinski definition) is 4. The average molecular weight is 360 g/mol. The topological polar surface area (TPSA) is 79.8 Å². The van der Waals surface area contributed by atoms with Gasteiger partial charge in [-0.25, -0.2) is 5.43 Å². The summed E-state index contributed by atoms with van der Waals surface area (Å²) < 4.78 is 5.15. The van der Waals surface area contributed by atoms with E-state index in [1.165, 1.54) is 13.3 Å². The van der Waals surface area contributed by atoms with Crippen molar-refractivity contribution in [3.05, 3.63) is 59.1 Å². The van der Waals surface area contributed by atoms with Gasteiger partial charge in [-0.1, -0.05) is 35.9 Å². The monoisotopic (exact) mass is 359 g/mol. The number of carbonyl (C=O) groups excluding carboxylic acids is 2. The van der Waals surface area contributed by atoms with Gasteiger partial charge in [0.05, 0.1) is 19.0 Å². The standard InChI is InChI=1S/C18H18ClN3O3/c1-25-16-5-3-2-4-15(16)21-17(23)10-11-18(24)22-20-12-13-6-8-14(19)9-7-13/h2-9,12H,10-11H2,1H3,(H,21,23)(H,22,24)/b20-12-. The summed E-state index contributed by atoms with van der Waals surface area (Å²) in [4.78, 5) is 23.6. The Hall–Kier alpha value is -2.86. The van der Waals surface area contributed by atoms with E-state index in [1.54, 1.807) is 48.5 Å². The Labute approximate surface area is 150 Å². The zero-order valence-electron chi connectivity index (χ0n) is 13.7. The highest BCUT2D eigenvalue weighted by Crippen LogP contribution is 2.23. The zero-order valence-corrected chi connectivity index (χ0v) is 14.4. The van der Waals surface area contributed by atoms with Crippen molar-refractivity contribution >= 4 is 35.3 Å². The van der Waals surface area contributed by atoms with Gasteiger partial charge in [-0.3, -0.25) is 9.59 Å². The highest BCUT2D eigenvalue weighted by Gasteiger charge is 2.09. The molecule has 0 heterocycles. The highest BCUT2D eigenvalue weighted by atomic mass is 35.5. The molecule has 0 fully saturated rings. The van der Waals surface area contributed by atoms with Crippen LogP contribution in [0.3, 0.4) is 0 Å². The predicted molar refractivity (Wildman–Crippen MR) is 98.0 cm³/mol. The number of halogens is 1. The molecule has 2 N–H and O–H groups in total. The summed E-state index contributed by atoms with van der Waals surface area (Å²) in [6, 6.07) is 14.1. The first-order valence-corrected chi connectivity index (χ1v) is 7.96. The molecular formula is C18H18ClN3O3. The van der Waals surface area contributed by atoms with Crippen molar-refractivity contribution < 1.29 is 14.3 Å². The van der Waals surface area contributed by atoms with Crippen LogP contribution < -0.4 is 15.5 Å². The van der Waals surface area contributed by atoms with Gasteiger partial charge >= 0.3 is 0 Å². The maximum Gasteiger partial charge on any atom is 0.240 e. The third-order valence-corrected chi connectivity index (χ3v) is 3.49. The van der Waals surface area contributed by atoms with Crippen LogP contribution in [-0.2, 0) is 9.59 Å². The summed E-state index contributed by atoms with van der Waals surface area (Å²) in [6.07, 6.45) is 1.57. The maximum absolute atomic E-state index is 11.9. The van der Waals surface area contributed by atoms with Crippen LogP contribution in [0.4, 0.5) is 5.69 Å². The lowest BCUT2D eigenvalue weighted by Gasteiger charge is -2.09. The van der Waals surface area contributed by atoms with Crippen LogP contribution in [-0.4, -0.2) is 25.1 Å². The van der Waals surface area contributed by atoms with Crippen molar-refractivity contribution in [3.8, 4) is 5.75 Å². The Bertz CT molecular complexity index is 760. The normalized spacial score (nSPS) is 10.5. The quantitative estimate of drug-likeness (QED) is 0.588. The van der Waals surface area contributed by atoms with Gasteiger partial charge in [0.1, 0.15) is 5.75 Å². The van der Waals surface area contributed by atoms with Gasteiger partial charge in [0, 0.05) is 17.9 Å². The van der Waals surface area contributed by atoms with Crippen LogP contribution in [0, 0.1) is 0 Å². The van der Waals surface area contributed by atoms with E-state index < -0.39 is 0 Å². The highest BCUT2D eigenvalue weighted by molar-refractivity contribution is 6.30. The van der Waals surface area contributed by atoms with E-state index in [2.05, 4.69) is 15.8 Å². The number of ether oxygens (including phenoxy) is 1. The molecule has 0 spiro atoms. The van der Waals surface area contributed by atoms with Crippen molar-refractivity contribution in [1.82, 2.24) is 5.43 Å².